The Morgan fingerprint density at radius 2 is 2.25 bits per heavy atom. The van der Waals surface area contributed by atoms with Crippen molar-refractivity contribution in [2.45, 2.75) is 25.2 Å². The minimum Gasteiger partial charge on any atom is -0.363 e. The van der Waals surface area contributed by atoms with Crippen LogP contribution in [0, 0.1) is 13.3 Å². The van der Waals surface area contributed by atoms with Crippen LogP contribution in [0.5, 0.6) is 0 Å². The van der Waals surface area contributed by atoms with Crippen molar-refractivity contribution in [3.05, 3.63) is 18.1 Å². The molecule has 1 radical (unpaired) electrons. The van der Waals surface area contributed by atoms with E-state index >= 15 is 0 Å². The van der Waals surface area contributed by atoms with E-state index in [0.29, 0.717) is 5.56 Å². The molecule has 0 bridgehead atoms. The van der Waals surface area contributed by atoms with Crippen molar-refractivity contribution in [1.29, 1.82) is 0 Å². The monoisotopic (exact) mass is 232 g/mol. The summed E-state index contributed by atoms with van der Waals surface area (Å²) in [5, 5.41) is 9.51. The van der Waals surface area contributed by atoms with Gasteiger partial charge in [0.25, 0.3) is 0 Å². The van der Waals surface area contributed by atoms with Crippen LogP contribution < -0.4 is 4.90 Å². The van der Waals surface area contributed by atoms with Crippen LogP contribution in [0.3, 0.4) is 0 Å². The molecule has 1 aromatic rings. The zero-order chi connectivity index (χ0) is 12.0. The lowest BCUT2D eigenvalue weighted by molar-refractivity contribution is -0.279. The normalized spacial score (nSPS) is 25.4. The Kier molecular flexibility index (Phi) is 2.30. The number of anilines is 1. The lowest BCUT2D eigenvalue weighted by Gasteiger charge is -2.50. The summed E-state index contributed by atoms with van der Waals surface area (Å²) in [4.78, 5) is 8.03. The highest BCUT2D eigenvalue weighted by atomic mass is 19.4. The molecule has 0 aromatic carbocycles. The summed E-state index contributed by atoms with van der Waals surface area (Å²) >= 11 is 0. The van der Waals surface area contributed by atoms with Crippen molar-refractivity contribution in [2.75, 3.05) is 11.4 Å². The second-order valence-electron chi connectivity index (χ2n) is 3.69. The van der Waals surface area contributed by atoms with E-state index in [4.69, 9.17) is 0 Å². The van der Waals surface area contributed by atoms with Crippen molar-refractivity contribution in [3.63, 3.8) is 0 Å². The third-order valence-electron chi connectivity index (χ3n) is 2.66. The van der Waals surface area contributed by atoms with Crippen molar-refractivity contribution in [2.24, 2.45) is 0 Å². The van der Waals surface area contributed by atoms with E-state index in [9.17, 15) is 18.3 Å². The molecule has 1 N–H and O–H groups in total. The Morgan fingerprint density at radius 3 is 2.69 bits per heavy atom. The molecule has 87 valence electrons. The first-order valence-electron chi connectivity index (χ1n) is 4.63. The van der Waals surface area contributed by atoms with Crippen molar-refractivity contribution < 1.29 is 18.3 Å². The zero-order valence-corrected chi connectivity index (χ0v) is 8.41. The van der Waals surface area contributed by atoms with Crippen molar-refractivity contribution >= 4 is 5.82 Å². The van der Waals surface area contributed by atoms with Gasteiger partial charge in [-0.25, -0.2) is 9.97 Å². The van der Waals surface area contributed by atoms with Gasteiger partial charge in [0.05, 0.1) is 0 Å². The molecule has 0 aliphatic carbocycles. The van der Waals surface area contributed by atoms with Crippen LogP contribution in [0.15, 0.2) is 6.20 Å². The van der Waals surface area contributed by atoms with Gasteiger partial charge in [-0.2, -0.15) is 13.2 Å². The quantitative estimate of drug-likeness (QED) is 0.786. The zero-order valence-electron chi connectivity index (χ0n) is 8.41. The number of aromatic nitrogens is 2. The van der Waals surface area contributed by atoms with E-state index in [-0.39, 0.29) is 18.8 Å². The molecule has 1 aromatic heterocycles. The molecule has 0 amide bonds. The fourth-order valence-corrected chi connectivity index (χ4v) is 1.63. The molecule has 1 fully saturated rings. The van der Waals surface area contributed by atoms with Crippen molar-refractivity contribution in [3.8, 4) is 0 Å². The van der Waals surface area contributed by atoms with Gasteiger partial charge < -0.3 is 10.0 Å². The predicted molar refractivity (Wildman–Crippen MR) is 48.6 cm³/mol. The number of aliphatic hydroxyl groups is 1. The summed E-state index contributed by atoms with van der Waals surface area (Å²) in [6, 6.07) is 0. The summed E-state index contributed by atoms with van der Waals surface area (Å²) in [5.41, 5.74) is -2.33. The van der Waals surface area contributed by atoms with Gasteiger partial charge in [-0.1, -0.05) is 0 Å². The predicted octanol–water partition coefficient (Wildman–Crippen LogP) is 1.05. The van der Waals surface area contributed by atoms with E-state index in [0.717, 1.165) is 4.90 Å². The highest BCUT2D eigenvalue weighted by Gasteiger charge is 2.63. The summed E-state index contributed by atoms with van der Waals surface area (Å²) < 4.78 is 37.8. The molecule has 0 saturated carbocycles. The molecular formula is C9H9F3N3O. The Morgan fingerprint density at radius 1 is 1.56 bits per heavy atom. The number of aryl methyl sites for hydroxylation is 1. The largest absolute Gasteiger partial charge is 0.436 e. The van der Waals surface area contributed by atoms with Gasteiger partial charge in [-0.05, 0) is 6.92 Å². The average molecular weight is 232 g/mol. The summed E-state index contributed by atoms with van der Waals surface area (Å²) in [6.07, 6.45) is -1.46. The van der Waals surface area contributed by atoms with E-state index in [2.05, 4.69) is 16.3 Å². The molecule has 16 heavy (non-hydrogen) atoms. The van der Waals surface area contributed by atoms with Crippen LogP contribution in [0.1, 0.15) is 12.0 Å². The van der Waals surface area contributed by atoms with Crippen LogP contribution in [0.4, 0.5) is 19.0 Å². The number of nitrogens with zero attached hydrogens (tertiary/aromatic N) is 3. The topological polar surface area (TPSA) is 49.2 Å². The minimum absolute atomic E-state index is 0.0704. The van der Waals surface area contributed by atoms with E-state index in [1.54, 1.807) is 6.92 Å². The smallest absolute Gasteiger partial charge is 0.363 e. The third kappa shape index (κ3) is 1.42. The van der Waals surface area contributed by atoms with Gasteiger partial charge in [0.1, 0.15) is 5.82 Å². The van der Waals surface area contributed by atoms with Gasteiger partial charge >= 0.3 is 6.18 Å². The fourth-order valence-electron chi connectivity index (χ4n) is 1.63. The Balaban J connectivity index is 2.35. The van der Waals surface area contributed by atoms with Gasteiger partial charge in [-0.3, -0.25) is 0 Å². The minimum atomic E-state index is -4.69. The number of hydrogen-bond donors (Lipinski definition) is 1. The molecule has 2 heterocycles. The highest BCUT2D eigenvalue weighted by molar-refractivity contribution is 5.50. The molecule has 2 rings (SSSR count). The third-order valence-corrected chi connectivity index (χ3v) is 2.66. The fraction of sp³-hybridized carbons (Fsp3) is 0.556. The highest BCUT2D eigenvalue weighted by Crippen LogP contribution is 2.44. The molecule has 1 aliphatic rings. The molecule has 0 spiro atoms. The first-order valence-corrected chi connectivity index (χ1v) is 4.63. The van der Waals surface area contributed by atoms with Crippen LogP contribution in [0.2, 0.25) is 0 Å². The first-order chi connectivity index (χ1) is 7.36. The lowest BCUT2D eigenvalue weighted by atomic mass is 9.97. The molecule has 4 nitrogen and oxygen atoms in total. The Labute approximate surface area is 89.7 Å². The molecule has 1 aliphatic heterocycles. The molecule has 7 heteroatoms. The van der Waals surface area contributed by atoms with Crippen LogP contribution in [-0.2, 0) is 0 Å². The Hall–Kier alpha value is -1.37. The van der Waals surface area contributed by atoms with Crippen LogP contribution in [-0.4, -0.2) is 33.5 Å². The maximum Gasteiger partial charge on any atom is 0.436 e. The van der Waals surface area contributed by atoms with Gasteiger partial charge in [0.2, 0.25) is 5.72 Å². The Bertz CT molecular complexity index is 409. The number of halogens is 3. The van der Waals surface area contributed by atoms with Gasteiger partial charge in [0.15, 0.2) is 6.33 Å². The number of rotatable bonds is 1. The number of alkyl halides is 3. The summed E-state index contributed by atoms with van der Waals surface area (Å²) in [5.74, 6) is 0.0704. The van der Waals surface area contributed by atoms with E-state index in [1.807, 2.05) is 0 Å². The van der Waals surface area contributed by atoms with Crippen LogP contribution >= 0.6 is 0 Å². The maximum absolute atomic E-state index is 12.6. The molecule has 1 saturated heterocycles. The van der Waals surface area contributed by atoms with E-state index in [1.165, 1.54) is 6.20 Å². The molecule has 1 unspecified atom stereocenters. The molecular weight excluding hydrogens is 223 g/mol. The van der Waals surface area contributed by atoms with Crippen LogP contribution in [0.25, 0.3) is 0 Å². The second-order valence-corrected chi connectivity index (χ2v) is 3.69. The van der Waals surface area contributed by atoms with Gasteiger partial charge in [-0.15, -0.1) is 0 Å². The average Bonchev–Trinajstić information content (AvgIpc) is 2.17. The number of hydrogen-bond acceptors (Lipinski definition) is 4. The van der Waals surface area contributed by atoms with Gasteiger partial charge in [0, 0.05) is 24.7 Å². The second kappa shape index (κ2) is 3.31. The molecule has 1 atom stereocenters. The van der Waals surface area contributed by atoms with E-state index < -0.39 is 11.9 Å². The SMILES string of the molecule is Cc1cn[c]nc1N1CCC1(O)C(F)(F)F. The maximum atomic E-state index is 12.6. The first kappa shape index (κ1) is 11.1. The lowest BCUT2D eigenvalue weighted by Crippen LogP contribution is -2.68. The van der Waals surface area contributed by atoms with Crippen molar-refractivity contribution in [1.82, 2.24) is 9.97 Å². The summed E-state index contributed by atoms with van der Waals surface area (Å²) in [7, 11) is 0. The standard InChI is InChI=1S/C9H9F3N3O/c1-6-4-13-5-14-7(6)15-3-2-8(15,16)9(10,11)12/h4,16H,2-3H2,1H3. The summed E-state index contributed by atoms with van der Waals surface area (Å²) in [6.45, 7) is 1.69.